The van der Waals surface area contributed by atoms with Gasteiger partial charge in [0.05, 0.1) is 17.0 Å². The molecular weight excluding hydrogens is 293 g/mol. The van der Waals surface area contributed by atoms with Crippen LogP contribution < -0.4 is 4.74 Å². The van der Waals surface area contributed by atoms with Crippen LogP contribution in [0.25, 0.3) is 0 Å². The van der Waals surface area contributed by atoms with E-state index in [0.29, 0.717) is 11.4 Å². The molecule has 1 heterocycles. The molecule has 0 unspecified atom stereocenters. The Morgan fingerprint density at radius 3 is 2.30 bits per heavy atom. The summed E-state index contributed by atoms with van der Waals surface area (Å²) in [5.41, 5.74) is 0.233. The number of benzene rings is 1. The zero-order chi connectivity index (χ0) is 14.9. The highest BCUT2D eigenvalue weighted by atomic mass is 35.5. The van der Waals surface area contributed by atoms with E-state index in [4.69, 9.17) is 16.3 Å². The third kappa shape index (κ3) is 3.01. The molecule has 0 radical (unpaired) electrons. The highest BCUT2D eigenvalue weighted by Crippen LogP contribution is 2.38. The predicted octanol–water partition coefficient (Wildman–Crippen LogP) is 4.56. The molecule has 0 aliphatic heterocycles. The van der Waals surface area contributed by atoms with E-state index in [9.17, 15) is 13.2 Å². The molecule has 2 rings (SSSR count). The van der Waals surface area contributed by atoms with Crippen LogP contribution in [0, 0.1) is 13.8 Å². The van der Waals surface area contributed by atoms with Crippen molar-refractivity contribution in [3.8, 4) is 11.6 Å². The van der Waals surface area contributed by atoms with Crippen LogP contribution in [0.4, 0.5) is 13.2 Å². The van der Waals surface area contributed by atoms with Crippen molar-refractivity contribution in [3.05, 3.63) is 46.4 Å². The maximum atomic E-state index is 12.8. The number of ether oxygens (including phenoxy) is 1. The molecule has 106 valence electrons. The average Bonchev–Trinajstić information content (AvgIpc) is 2.35. The summed E-state index contributed by atoms with van der Waals surface area (Å²) in [6.45, 7) is 3.36. The van der Waals surface area contributed by atoms with Crippen molar-refractivity contribution in [1.82, 2.24) is 9.97 Å². The number of nitrogens with zero attached hydrogens (tertiary/aromatic N) is 2. The van der Waals surface area contributed by atoms with Crippen LogP contribution in [0.3, 0.4) is 0 Å². The van der Waals surface area contributed by atoms with Gasteiger partial charge in [-0.2, -0.15) is 13.2 Å². The number of rotatable bonds is 2. The Hall–Kier alpha value is -1.82. The van der Waals surface area contributed by atoms with Crippen molar-refractivity contribution in [2.75, 3.05) is 0 Å². The quantitative estimate of drug-likeness (QED) is 0.816. The van der Waals surface area contributed by atoms with Crippen LogP contribution in [0.1, 0.15) is 17.0 Å². The molecular formula is C13H10ClF3N2O. The maximum Gasteiger partial charge on any atom is 0.419 e. The second-order valence-electron chi connectivity index (χ2n) is 4.09. The molecule has 0 amide bonds. The van der Waals surface area contributed by atoms with E-state index < -0.39 is 11.7 Å². The van der Waals surface area contributed by atoms with Crippen molar-refractivity contribution in [3.63, 3.8) is 0 Å². The fourth-order valence-electron chi connectivity index (χ4n) is 1.51. The van der Waals surface area contributed by atoms with E-state index in [1.54, 1.807) is 13.8 Å². The van der Waals surface area contributed by atoms with Crippen LogP contribution >= 0.6 is 11.6 Å². The molecule has 1 aromatic heterocycles. The molecule has 0 spiro atoms. The van der Waals surface area contributed by atoms with Gasteiger partial charge < -0.3 is 4.74 Å². The van der Waals surface area contributed by atoms with Crippen molar-refractivity contribution in [2.24, 2.45) is 0 Å². The molecule has 0 bridgehead atoms. The van der Waals surface area contributed by atoms with E-state index in [1.807, 2.05) is 0 Å². The fourth-order valence-corrected chi connectivity index (χ4v) is 1.72. The van der Waals surface area contributed by atoms with E-state index in [2.05, 4.69) is 9.97 Å². The summed E-state index contributed by atoms with van der Waals surface area (Å²) in [6, 6.07) is 4.85. The Bertz CT molecular complexity index is 644. The third-order valence-electron chi connectivity index (χ3n) is 2.63. The van der Waals surface area contributed by atoms with Crippen LogP contribution in [0.5, 0.6) is 11.6 Å². The van der Waals surface area contributed by atoms with Crippen LogP contribution in [0.2, 0.25) is 5.15 Å². The van der Waals surface area contributed by atoms with Crippen LogP contribution in [-0.4, -0.2) is 9.97 Å². The van der Waals surface area contributed by atoms with E-state index in [1.165, 1.54) is 18.2 Å². The monoisotopic (exact) mass is 302 g/mol. The van der Waals surface area contributed by atoms with Gasteiger partial charge in [-0.15, -0.1) is 0 Å². The summed E-state index contributed by atoms with van der Waals surface area (Å²) in [5, 5.41) is -0.0786. The first-order chi connectivity index (χ1) is 9.29. The van der Waals surface area contributed by atoms with Crippen molar-refractivity contribution >= 4 is 11.6 Å². The molecule has 0 aliphatic rings. The first-order valence-electron chi connectivity index (χ1n) is 5.64. The second-order valence-corrected chi connectivity index (χ2v) is 4.44. The summed E-state index contributed by atoms with van der Waals surface area (Å²) in [6.07, 6.45) is -4.52. The highest BCUT2D eigenvalue weighted by Gasteiger charge is 2.34. The molecule has 0 N–H and O–H groups in total. The number of halogens is 4. The number of alkyl halides is 3. The van der Waals surface area contributed by atoms with Gasteiger partial charge in [0.1, 0.15) is 5.75 Å². The number of hydrogen-bond acceptors (Lipinski definition) is 3. The predicted molar refractivity (Wildman–Crippen MR) is 68.0 cm³/mol. The fraction of sp³-hybridized carbons (Fsp3) is 0.231. The summed E-state index contributed by atoms with van der Waals surface area (Å²) in [7, 11) is 0. The molecule has 0 saturated heterocycles. The molecule has 0 fully saturated rings. The molecule has 7 heteroatoms. The minimum absolute atomic E-state index is 0.0786. The van der Waals surface area contributed by atoms with Crippen LogP contribution in [0.15, 0.2) is 24.3 Å². The second kappa shape index (κ2) is 5.28. The van der Waals surface area contributed by atoms with Gasteiger partial charge in [0, 0.05) is 0 Å². The summed E-state index contributed by atoms with van der Waals surface area (Å²) >= 11 is 5.84. The van der Waals surface area contributed by atoms with E-state index >= 15 is 0 Å². The molecule has 1 aromatic carbocycles. The zero-order valence-electron chi connectivity index (χ0n) is 10.6. The Morgan fingerprint density at radius 2 is 1.65 bits per heavy atom. The van der Waals surface area contributed by atoms with Crippen molar-refractivity contribution in [2.45, 2.75) is 20.0 Å². The maximum absolute atomic E-state index is 12.8. The Morgan fingerprint density at radius 1 is 1.05 bits per heavy atom. The van der Waals surface area contributed by atoms with Crippen molar-refractivity contribution in [1.29, 1.82) is 0 Å². The minimum atomic E-state index is -4.52. The molecule has 0 aliphatic carbocycles. The SMILES string of the molecule is Cc1nc(Cl)c(Oc2ccccc2C(F)(F)F)nc1C. The lowest BCUT2D eigenvalue weighted by Crippen LogP contribution is -2.07. The van der Waals surface area contributed by atoms with Gasteiger partial charge in [-0.05, 0) is 26.0 Å². The topological polar surface area (TPSA) is 35.0 Å². The first kappa shape index (κ1) is 14.6. The van der Waals surface area contributed by atoms with Gasteiger partial charge in [-0.3, -0.25) is 0 Å². The third-order valence-corrected chi connectivity index (χ3v) is 2.88. The number of aryl methyl sites for hydroxylation is 2. The normalized spacial score (nSPS) is 11.5. The highest BCUT2D eigenvalue weighted by molar-refractivity contribution is 6.30. The van der Waals surface area contributed by atoms with Gasteiger partial charge >= 0.3 is 6.18 Å². The number of aromatic nitrogens is 2. The van der Waals surface area contributed by atoms with Gasteiger partial charge in [-0.25, -0.2) is 9.97 Å². The van der Waals surface area contributed by atoms with E-state index in [0.717, 1.165) is 6.07 Å². The lowest BCUT2D eigenvalue weighted by atomic mass is 10.2. The van der Waals surface area contributed by atoms with Crippen LogP contribution in [-0.2, 0) is 6.18 Å². The smallest absolute Gasteiger partial charge is 0.419 e. The molecule has 2 aromatic rings. The average molecular weight is 303 g/mol. The van der Waals surface area contributed by atoms with E-state index in [-0.39, 0.29) is 16.8 Å². The lowest BCUT2D eigenvalue weighted by molar-refractivity contribution is -0.138. The molecule has 0 saturated carbocycles. The standard InChI is InChI=1S/C13H10ClF3N2O/c1-7-8(2)19-12(11(14)18-7)20-10-6-4-3-5-9(10)13(15,16)17/h3-6H,1-2H3. The van der Waals surface area contributed by atoms with Gasteiger partial charge in [0.15, 0.2) is 5.15 Å². The molecule has 0 atom stereocenters. The summed E-state index contributed by atoms with van der Waals surface area (Å²) in [5.74, 6) is -0.508. The minimum Gasteiger partial charge on any atom is -0.436 e. The molecule has 3 nitrogen and oxygen atoms in total. The lowest BCUT2D eigenvalue weighted by Gasteiger charge is -2.13. The number of hydrogen-bond donors (Lipinski definition) is 0. The van der Waals surface area contributed by atoms with Gasteiger partial charge in [0.25, 0.3) is 5.88 Å². The largest absolute Gasteiger partial charge is 0.436 e. The van der Waals surface area contributed by atoms with Crippen molar-refractivity contribution < 1.29 is 17.9 Å². The first-order valence-corrected chi connectivity index (χ1v) is 6.01. The Labute approximate surface area is 118 Å². The summed E-state index contributed by atoms with van der Waals surface area (Å²) < 4.78 is 43.7. The van der Waals surface area contributed by atoms with Gasteiger partial charge in [-0.1, -0.05) is 23.7 Å². The zero-order valence-corrected chi connectivity index (χ0v) is 11.4. The Balaban J connectivity index is 2.43. The van der Waals surface area contributed by atoms with Gasteiger partial charge in [0.2, 0.25) is 0 Å². The Kier molecular flexibility index (Phi) is 3.85. The molecule has 20 heavy (non-hydrogen) atoms. The number of para-hydroxylation sites is 1. The summed E-state index contributed by atoms with van der Waals surface area (Å²) in [4.78, 5) is 7.96.